The van der Waals surface area contributed by atoms with Gasteiger partial charge in [0.25, 0.3) is 5.92 Å². The highest BCUT2D eigenvalue weighted by atomic mass is 35.5. The monoisotopic (exact) mass is 332 g/mol. The van der Waals surface area contributed by atoms with Crippen molar-refractivity contribution in [3.05, 3.63) is 35.1 Å². The third kappa shape index (κ3) is 4.18. The highest BCUT2D eigenvalue weighted by Crippen LogP contribution is 2.25. The van der Waals surface area contributed by atoms with Crippen LogP contribution in [0.5, 0.6) is 0 Å². The molecule has 0 spiro atoms. The van der Waals surface area contributed by atoms with Crippen LogP contribution in [0, 0.1) is 13.8 Å². The summed E-state index contributed by atoms with van der Waals surface area (Å²) in [5, 5.41) is 3.02. The predicted molar refractivity (Wildman–Crippen MR) is 83.7 cm³/mol. The fourth-order valence-electron chi connectivity index (χ4n) is 2.01. The Labute approximate surface area is 133 Å². The fourth-order valence-corrected chi connectivity index (χ4v) is 2.01. The van der Waals surface area contributed by atoms with Gasteiger partial charge in [0.05, 0.1) is 25.8 Å². The van der Waals surface area contributed by atoms with Crippen molar-refractivity contribution in [2.45, 2.75) is 26.2 Å². The number of benzene rings is 1. The lowest BCUT2D eigenvalue weighted by atomic mass is 10.0. The largest absolute Gasteiger partial charge is 0.464 e. The van der Waals surface area contributed by atoms with E-state index in [9.17, 15) is 13.6 Å². The first kappa shape index (κ1) is 18.4. The molecule has 0 saturated heterocycles. The maximum atomic E-state index is 13.0. The van der Waals surface area contributed by atoms with Gasteiger partial charge in [0.15, 0.2) is 0 Å². The van der Waals surface area contributed by atoms with E-state index in [-0.39, 0.29) is 18.8 Å². The summed E-state index contributed by atoms with van der Waals surface area (Å²) >= 11 is 0. The highest BCUT2D eigenvalue weighted by molar-refractivity contribution is 5.88. The molecule has 0 unspecified atom stereocenters. The van der Waals surface area contributed by atoms with Gasteiger partial charge < -0.3 is 15.5 Å². The number of hydrogen-bond acceptors (Lipinski definition) is 3. The summed E-state index contributed by atoms with van der Waals surface area (Å²) in [4.78, 5) is 11.7. The summed E-state index contributed by atoms with van der Waals surface area (Å²) in [5.41, 5.74) is 8.46. The molecule has 3 N–H and O–H groups in total. The number of alkyl halides is 2. The quantitative estimate of drug-likeness (QED) is 0.884. The smallest absolute Gasteiger partial charge is 0.277 e. The molecule has 2 aromatic rings. The Morgan fingerprint density at radius 1 is 1.32 bits per heavy atom. The van der Waals surface area contributed by atoms with Crippen molar-refractivity contribution in [2.24, 2.45) is 5.73 Å². The van der Waals surface area contributed by atoms with Gasteiger partial charge in [-0.1, -0.05) is 0 Å². The van der Waals surface area contributed by atoms with Crippen molar-refractivity contribution < 1.29 is 18.0 Å². The maximum absolute atomic E-state index is 13.0. The summed E-state index contributed by atoms with van der Waals surface area (Å²) in [6.07, 6.45) is 1.49. The maximum Gasteiger partial charge on any atom is 0.277 e. The molecule has 0 aliphatic heterocycles. The van der Waals surface area contributed by atoms with Gasteiger partial charge in [0.1, 0.15) is 5.58 Å². The first-order valence-corrected chi connectivity index (χ1v) is 6.64. The minimum atomic E-state index is -3.08. The number of rotatable bonds is 5. The zero-order valence-corrected chi connectivity index (χ0v) is 13.2. The molecule has 1 heterocycles. The van der Waals surface area contributed by atoms with Crippen LogP contribution in [0.25, 0.3) is 11.0 Å². The molecule has 0 atom stereocenters. The molecule has 2 rings (SSSR count). The Bertz CT molecular complexity index is 671. The second-order valence-corrected chi connectivity index (χ2v) is 5.21. The van der Waals surface area contributed by atoms with E-state index in [4.69, 9.17) is 10.2 Å². The van der Waals surface area contributed by atoms with Crippen LogP contribution in [0.15, 0.2) is 22.8 Å². The number of hydrogen-bond donors (Lipinski definition) is 2. The Balaban J connectivity index is 0.00000242. The third-order valence-corrected chi connectivity index (χ3v) is 3.46. The van der Waals surface area contributed by atoms with E-state index in [0.717, 1.165) is 16.5 Å². The Hall–Kier alpha value is -1.66. The van der Waals surface area contributed by atoms with Crippen molar-refractivity contribution in [3.63, 3.8) is 0 Å². The van der Waals surface area contributed by atoms with Gasteiger partial charge in [-0.3, -0.25) is 4.79 Å². The first-order valence-electron chi connectivity index (χ1n) is 6.64. The van der Waals surface area contributed by atoms with E-state index in [0.29, 0.717) is 11.1 Å². The van der Waals surface area contributed by atoms with Gasteiger partial charge >= 0.3 is 0 Å². The molecule has 4 nitrogen and oxygen atoms in total. The molecular formula is C15H19ClF2N2O2. The molecule has 0 saturated carbocycles. The zero-order valence-electron chi connectivity index (χ0n) is 12.4. The number of furan rings is 1. The summed E-state index contributed by atoms with van der Waals surface area (Å²) < 4.78 is 31.4. The predicted octanol–water partition coefficient (Wildman–Crippen LogP) is 2.72. The number of fused-ring (bicyclic) bond motifs is 1. The Morgan fingerprint density at radius 3 is 2.59 bits per heavy atom. The lowest BCUT2D eigenvalue weighted by Crippen LogP contribution is -2.42. The topological polar surface area (TPSA) is 68.3 Å². The molecular weight excluding hydrogens is 314 g/mol. The van der Waals surface area contributed by atoms with E-state index in [2.05, 4.69) is 5.32 Å². The molecule has 1 aromatic carbocycles. The van der Waals surface area contributed by atoms with Crippen molar-refractivity contribution >= 4 is 29.3 Å². The van der Waals surface area contributed by atoms with Crippen LogP contribution >= 0.6 is 12.4 Å². The van der Waals surface area contributed by atoms with Crippen molar-refractivity contribution in [3.8, 4) is 0 Å². The van der Waals surface area contributed by atoms with Gasteiger partial charge in [0.2, 0.25) is 5.91 Å². The van der Waals surface area contributed by atoms with Crippen molar-refractivity contribution in [1.29, 1.82) is 0 Å². The molecule has 0 radical (unpaired) electrons. The standard InChI is InChI=1S/C15H18F2N2O2.ClH/c1-9-3-12-11(6-21-13(12)4-10(9)2)5-14(20)19-8-15(16,17)7-18;/h3-4,6H,5,7-8,18H2,1-2H3,(H,19,20);1H. The first-order chi connectivity index (χ1) is 9.82. The van der Waals surface area contributed by atoms with Crippen LogP contribution in [0.1, 0.15) is 16.7 Å². The average Bonchev–Trinajstić information content (AvgIpc) is 2.80. The lowest BCUT2D eigenvalue weighted by molar-refractivity contribution is -0.122. The minimum Gasteiger partial charge on any atom is -0.464 e. The van der Waals surface area contributed by atoms with Crippen LogP contribution in [-0.4, -0.2) is 24.9 Å². The van der Waals surface area contributed by atoms with Crippen LogP contribution < -0.4 is 11.1 Å². The summed E-state index contributed by atoms with van der Waals surface area (Å²) in [5.74, 6) is -3.56. The van der Waals surface area contributed by atoms with Crippen molar-refractivity contribution in [1.82, 2.24) is 5.32 Å². The number of halogens is 3. The van der Waals surface area contributed by atoms with Gasteiger partial charge in [-0.2, -0.15) is 0 Å². The Morgan fingerprint density at radius 2 is 1.95 bits per heavy atom. The van der Waals surface area contributed by atoms with Crippen LogP contribution in [0.3, 0.4) is 0 Å². The highest BCUT2D eigenvalue weighted by Gasteiger charge is 2.27. The van der Waals surface area contributed by atoms with Crippen LogP contribution in [0.2, 0.25) is 0 Å². The lowest BCUT2D eigenvalue weighted by Gasteiger charge is -2.14. The third-order valence-electron chi connectivity index (χ3n) is 3.46. The average molecular weight is 333 g/mol. The minimum absolute atomic E-state index is 0. The van der Waals surface area contributed by atoms with Crippen LogP contribution in [0.4, 0.5) is 8.78 Å². The summed E-state index contributed by atoms with van der Waals surface area (Å²) in [7, 11) is 0. The van der Waals surface area contributed by atoms with Gasteiger partial charge in [-0.25, -0.2) is 8.78 Å². The number of carbonyl (C=O) groups excluding carboxylic acids is 1. The van der Waals surface area contributed by atoms with Crippen molar-refractivity contribution in [2.75, 3.05) is 13.1 Å². The number of aryl methyl sites for hydroxylation is 2. The number of nitrogens with one attached hydrogen (secondary N) is 1. The van der Waals surface area contributed by atoms with E-state index in [1.165, 1.54) is 6.26 Å². The molecule has 7 heteroatoms. The second-order valence-electron chi connectivity index (χ2n) is 5.21. The number of nitrogens with two attached hydrogens (primary N) is 1. The van der Waals surface area contributed by atoms with Gasteiger partial charge in [-0.15, -0.1) is 12.4 Å². The second kappa shape index (κ2) is 7.07. The molecule has 22 heavy (non-hydrogen) atoms. The normalized spacial score (nSPS) is 11.3. The molecule has 122 valence electrons. The van der Waals surface area contributed by atoms with E-state index >= 15 is 0 Å². The molecule has 1 aromatic heterocycles. The zero-order chi connectivity index (χ0) is 15.6. The van der Waals surface area contributed by atoms with Gasteiger partial charge in [0, 0.05) is 10.9 Å². The summed E-state index contributed by atoms with van der Waals surface area (Å²) in [6, 6.07) is 3.83. The number of amides is 1. The fraction of sp³-hybridized carbons (Fsp3) is 0.400. The number of carbonyl (C=O) groups is 1. The van der Waals surface area contributed by atoms with Gasteiger partial charge in [-0.05, 0) is 37.1 Å². The Kier molecular flexibility index (Phi) is 5.91. The van der Waals surface area contributed by atoms with E-state index in [1.54, 1.807) is 0 Å². The summed E-state index contributed by atoms with van der Waals surface area (Å²) in [6.45, 7) is 2.39. The molecule has 1 amide bonds. The molecule has 0 bridgehead atoms. The molecule has 0 fully saturated rings. The SMILES string of the molecule is Cc1cc2occ(CC(=O)NCC(F)(F)CN)c2cc1C.Cl. The molecule has 0 aliphatic carbocycles. The molecule has 0 aliphatic rings. The van der Waals surface area contributed by atoms with E-state index in [1.807, 2.05) is 26.0 Å². The van der Waals surface area contributed by atoms with Crippen LogP contribution in [-0.2, 0) is 11.2 Å². The van der Waals surface area contributed by atoms with E-state index < -0.39 is 24.9 Å².